The first-order valence-electron chi connectivity index (χ1n) is 8.55. The first-order chi connectivity index (χ1) is 13.2. The Kier molecular flexibility index (Phi) is 6.11. The van der Waals surface area contributed by atoms with Crippen LogP contribution in [0.1, 0.15) is 12.0 Å². The van der Waals surface area contributed by atoms with Gasteiger partial charge in [-0.1, -0.05) is 36.1 Å². The van der Waals surface area contributed by atoms with Gasteiger partial charge in [0, 0.05) is 13.1 Å². The van der Waals surface area contributed by atoms with Crippen LogP contribution in [0.15, 0.2) is 29.2 Å². The lowest BCUT2D eigenvalue weighted by atomic mass is 10.2. The first-order valence-corrected chi connectivity index (χ1v) is 11.6. The normalized spacial score (nSPS) is 22.7. The maximum absolute atomic E-state index is 12.7. The quantitative estimate of drug-likeness (QED) is 0.507. The van der Waals surface area contributed by atoms with Gasteiger partial charge in [0.05, 0.1) is 23.5 Å². The number of thioether (sulfide) groups is 1. The SMILES string of the molecule is COc1ccc(/C=C2/SC(=S)N(CC(=O)N(C)[C@H]3CCS(=O)(=O)C3)C2=O)cc1. The topological polar surface area (TPSA) is 84.0 Å². The molecule has 2 fully saturated rings. The van der Waals surface area contributed by atoms with Crippen LogP contribution >= 0.6 is 24.0 Å². The third kappa shape index (κ3) is 4.56. The van der Waals surface area contributed by atoms with Crippen molar-refractivity contribution >= 4 is 56.0 Å². The van der Waals surface area contributed by atoms with Crippen molar-refractivity contribution in [1.82, 2.24) is 9.80 Å². The van der Waals surface area contributed by atoms with Gasteiger partial charge in [0.2, 0.25) is 5.91 Å². The lowest BCUT2D eigenvalue weighted by Gasteiger charge is -2.25. The highest BCUT2D eigenvalue weighted by Gasteiger charge is 2.37. The monoisotopic (exact) mass is 440 g/mol. The Labute approximate surface area is 173 Å². The fourth-order valence-corrected chi connectivity index (χ4v) is 6.05. The molecule has 2 heterocycles. The van der Waals surface area contributed by atoms with Gasteiger partial charge in [-0.25, -0.2) is 8.42 Å². The molecule has 0 spiro atoms. The molecule has 0 saturated carbocycles. The number of benzene rings is 1. The summed E-state index contributed by atoms with van der Waals surface area (Å²) >= 11 is 6.41. The molecule has 2 aliphatic rings. The van der Waals surface area contributed by atoms with E-state index in [4.69, 9.17) is 17.0 Å². The number of thiocarbonyl (C=S) groups is 1. The predicted octanol–water partition coefficient (Wildman–Crippen LogP) is 1.54. The van der Waals surface area contributed by atoms with Crippen LogP contribution in [0.25, 0.3) is 6.08 Å². The second-order valence-electron chi connectivity index (χ2n) is 6.60. The molecule has 0 bridgehead atoms. The fourth-order valence-electron chi connectivity index (χ4n) is 3.02. The summed E-state index contributed by atoms with van der Waals surface area (Å²) in [5, 5.41) is 0. The molecular weight excluding hydrogens is 420 g/mol. The Balaban J connectivity index is 1.67. The van der Waals surface area contributed by atoms with E-state index < -0.39 is 9.84 Å². The predicted molar refractivity (Wildman–Crippen MR) is 113 cm³/mol. The number of methoxy groups -OCH3 is 1. The van der Waals surface area contributed by atoms with Crippen molar-refractivity contribution in [2.45, 2.75) is 12.5 Å². The minimum absolute atomic E-state index is 0.0367. The number of hydrogen-bond acceptors (Lipinski definition) is 7. The molecule has 0 N–H and O–H groups in total. The van der Waals surface area contributed by atoms with E-state index in [1.807, 2.05) is 12.1 Å². The Morgan fingerprint density at radius 3 is 2.64 bits per heavy atom. The smallest absolute Gasteiger partial charge is 0.266 e. The van der Waals surface area contributed by atoms with Crippen molar-refractivity contribution < 1.29 is 22.7 Å². The van der Waals surface area contributed by atoms with Gasteiger partial charge in [-0.05, 0) is 30.2 Å². The summed E-state index contributed by atoms with van der Waals surface area (Å²) in [7, 11) is 0.0530. The van der Waals surface area contributed by atoms with Crippen molar-refractivity contribution in [1.29, 1.82) is 0 Å². The van der Waals surface area contributed by atoms with Gasteiger partial charge in [0.1, 0.15) is 16.6 Å². The van der Waals surface area contributed by atoms with Crippen molar-refractivity contribution in [3.05, 3.63) is 34.7 Å². The fraction of sp³-hybridized carbons (Fsp3) is 0.389. The third-order valence-electron chi connectivity index (χ3n) is 4.73. The second kappa shape index (κ2) is 8.22. The van der Waals surface area contributed by atoms with Gasteiger partial charge in [-0.3, -0.25) is 14.5 Å². The Bertz CT molecular complexity index is 940. The zero-order valence-electron chi connectivity index (χ0n) is 15.5. The van der Waals surface area contributed by atoms with E-state index in [0.29, 0.717) is 21.4 Å². The number of sulfone groups is 1. The van der Waals surface area contributed by atoms with E-state index in [0.717, 1.165) is 17.3 Å². The van der Waals surface area contributed by atoms with Crippen molar-refractivity contribution in [2.24, 2.45) is 0 Å². The number of hydrogen-bond donors (Lipinski definition) is 0. The van der Waals surface area contributed by atoms with Gasteiger partial charge in [-0.15, -0.1) is 0 Å². The number of ether oxygens (including phenoxy) is 1. The third-order valence-corrected chi connectivity index (χ3v) is 7.86. The largest absolute Gasteiger partial charge is 0.497 e. The summed E-state index contributed by atoms with van der Waals surface area (Å²) in [6.45, 7) is -0.197. The molecule has 3 rings (SSSR count). The minimum Gasteiger partial charge on any atom is -0.497 e. The summed E-state index contributed by atoms with van der Waals surface area (Å²) in [6, 6.07) is 6.88. The number of carbonyl (C=O) groups is 2. The number of amides is 2. The Morgan fingerprint density at radius 1 is 1.39 bits per heavy atom. The molecule has 150 valence electrons. The zero-order chi connectivity index (χ0) is 20.5. The molecule has 1 aromatic rings. The van der Waals surface area contributed by atoms with E-state index in [-0.39, 0.29) is 35.9 Å². The van der Waals surface area contributed by atoms with E-state index in [2.05, 4.69) is 0 Å². The van der Waals surface area contributed by atoms with Crippen LogP contribution < -0.4 is 4.74 Å². The van der Waals surface area contributed by atoms with Gasteiger partial charge in [0.15, 0.2) is 9.84 Å². The highest BCUT2D eigenvalue weighted by atomic mass is 32.2. The summed E-state index contributed by atoms with van der Waals surface area (Å²) in [5.41, 5.74) is 0.820. The summed E-state index contributed by atoms with van der Waals surface area (Å²) in [4.78, 5) is 28.4. The van der Waals surface area contributed by atoms with Crippen LogP contribution in [0.5, 0.6) is 5.75 Å². The second-order valence-corrected chi connectivity index (χ2v) is 10.5. The number of likely N-dealkylation sites (N-methyl/N-ethyl adjacent to an activating group) is 1. The molecule has 28 heavy (non-hydrogen) atoms. The Morgan fingerprint density at radius 2 is 2.07 bits per heavy atom. The van der Waals surface area contributed by atoms with Crippen LogP contribution in [-0.2, 0) is 19.4 Å². The molecule has 0 radical (unpaired) electrons. The van der Waals surface area contributed by atoms with Crippen molar-refractivity contribution in [2.75, 3.05) is 32.2 Å². The number of rotatable bonds is 5. The summed E-state index contributed by atoms with van der Waals surface area (Å²) < 4.78 is 28.7. The molecule has 0 aliphatic carbocycles. The van der Waals surface area contributed by atoms with E-state index >= 15 is 0 Å². The number of carbonyl (C=O) groups excluding carboxylic acids is 2. The van der Waals surface area contributed by atoms with Gasteiger partial charge in [0.25, 0.3) is 5.91 Å². The molecule has 2 aliphatic heterocycles. The van der Waals surface area contributed by atoms with Crippen molar-refractivity contribution in [3.8, 4) is 5.75 Å². The molecular formula is C18H20N2O5S3. The van der Waals surface area contributed by atoms with Gasteiger partial charge < -0.3 is 9.64 Å². The van der Waals surface area contributed by atoms with E-state index in [1.165, 1.54) is 9.80 Å². The highest BCUT2D eigenvalue weighted by Crippen LogP contribution is 2.33. The first kappa shape index (κ1) is 20.8. The molecule has 7 nitrogen and oxygen atoms in total. The van der Waals surface area contributed by atoms with Crippen LogP contribution in [0.2, 0.25) is 0 Å². The molecule has 10 heteroatoms. The maximum atomic E-state index is 12.7. The van der Waals surface area contributed by atoms with Crippen LogP contribution in [0.4, 0.5) is 0 Å². The average Bonchev–Trinajstić information content (AvgIpc) is 3.15. The summed E-state index contributed by atoms with van der Waals surface area (Å²) in [6.07, 6.45) is 2.14. The maximum Gasteiger partial charge on any atom is 0.266 e. The minimum atomic E-state index is -3.09. The Hall–Kier alpha value is -1.91. The molecule has 1 aromatic carbocycles. The van der Waals surface area contributed by atoms with Crippen LogP contribution in [-0.4, -0.2) is 72.6 Å². The number of nitrogens with zero attached hydrogens (tertiary/aromatic N) is 2. The standard InChI is InChI=1S/C18H20N2O5S3/c1-19(13-7-8-28(23,24)11-13)16(21)10-20-17(22)15(27-18(20)26)9-12-3-5-14(25-2)6-4-12/h3-6,9,13H,7-8,10-11H2,1-2H3/b15-9+/t13-/m0/s1. The summed E-state index contributed by atoms with van der Waals surface area (Å²) in [5.74, 6) is 0.106. The highest BCUT2D eigenvalue weighted by molar-refractivity contribution is 8.26. The molecule has 1 atom stereocenters. The van der Waals surface area contributed by atoms with E-state index in [9.17, 15) is 18.0 Å². The molecule has 0 unspecified atom stereocenters. The van der Waals surface area contributed by atoms with Crippen LogP contribution in [0, 0.1) is 0 Å². The molecule has 0 aromatic heterocycles. The molecule has 2 amide bonds. The van der Waals surface area contributed by atoms with Crippen LogP contribution in [0.3, 0.4) is 0 Å². The van der Waals surface area contributed by atoms with Gasteiger partial charge >= 0.3 is 0 Å². The lowest BCUT2D eigenvalue weighted by Crippen LogP contribution is -2.45. The zero-order valence-corrected chi connectivity index (χ0v) is 17.9. The average molecular weight is 441 g/mol. The van der Waals surface area contributed by atoms with Gasteiger partial charge in [-0.2, -0.15) is 0 Å². The molecule has 2 saturated heterocycles. The lowest BCUT2D eigenvalue weighted by molar-refractivity contribution is -0.135. The van der Waals surface area contributed by atoms with E-state index in [1.54, 1.807) is 32.4 Å². The van der Waals surface area contributed by atoms with Crippen molar-refractivity contribution in [3.63, 3.8) is 0 Å².